The van der Waals surface area contributed by atoms with Crippen LogP contribution in [0.5, 0.6) is 5.75 Å². The van der Waals surface area contributed by atoms with E-state index >= 15 is 0 Å². The van der Waals surface area contributed by atoms with E-state index in [9.17, 15) is 5.11 Å². The van der Waals surface area contributed by atoms with E-state index in [0.29, 0.717) is 5.52 Å². The fourth-order valence-corrected chi connectivity index (χ4v) is 1.80. The summed E-state index contributed by atoms with van der Waals surface area (Å²) < 4.78 is 0. The van der Waals surface area contributed by atoms with Gasteiger partial charge in [0.1, 0.15) is 5.75 Å². The van der Waals surface area contributed by atoms with Crippen molar-refractivity contribution in [3.8, 4) is 17.0 Å². The summed E-state index contributed by atoms with van der Waals surface area (Å²) in [6.07, 6.45) is 0. The number of aromatic nitrogens is 2. The molecule has 2 aromatic carbocycles. The SMILES string of the molecule is Oc1cccc2nnc(-c3ccccc3)cc12. The first-order valence-electron chi connectivity index (χ1n) is 5.35. The van der Waals surface area contributed by atoms with Gasteiger partial charge >= 0.3 is 0 Å². The average molecular weight is 222 g/mol. The molecule has 3 heteroatoms. The molecule has 0 unspecified atom stereocenters. The minimum absolute atomic E-state index is 0.231. The van der Waals surface area contributed by atoms with Crippen LogP contribution in [-0.2, 0) is 0 Å². The van der Waals surface area contributed by atoms with Crippen LogP contribution in [0.4, 0.5) is 0 Å². The van der Waals surface area contributed by atoms with Crippen molar-refractivity contribution >= 4 is 10.9 Å². The van der Waals surface area contributed by atoms with Gasteiger partial charge in [0, 0.05) is 10.9 Å². The molecule has 0 amide bonds. The molecule has 0 fully saturated rings. The van der Waals surface area contributed by atoms with Gasteiger partial charge in [0.25, 0.3) is 0 Å². The third-order valence-corrected chi connectivity index (χ3v) is 2.68. The third-order valence-electron chi connectivity index (χ3n) is 2.68. The van der Waals surface area contributed by atoms with E-state index in [1.54, 1.807) is 12.1 Å². The van der Waals surface area contributed by atoms with E-state index in [1.807, 2.05) is 42.5 Å². The van der Waals surface area contributed by atoms with Gasteiger partial charge in [-0.05, 0) is 18.2 Å². The molecule has 0 atom stereocenters. The second-order valence-electron chi connectivity index (χ2n) is 3.81. The molecule has 3 rings (SSSR count). The van der Waals surface area contributed by atoms with Gasteiger partial charge in [0.2, 0.25) is 0 Å². The van der Waals surface area contributed by atoms with Crippen LogP contribution >= 0.6 is 0 Å². The maximum atomic E-state index is 9.77. The van der Waals surface area contributed by atoms with E-state index in [1.165, 1.54) is 0 Å². The van der Waals surface area contributed by atoms with Crippen molar-refractivity contribution < 1.29 is 5.11 Å². The van der Waals surface area contributed by atoms with Crippen LogP contribution in [0.25, 0.3) is 22.2 Å². The highest BCUT2D eigenvalue weighted by molar-refractivity contribution is 5.87. The lowest BCUT2D eigenvalue weighted by Crippen LogP contribution is -1.88. The summed E-state index contributed by atoms with van der Waals surface area (Å²) in [5.41, 5.74) is 2.45. The molecule has 17 heavy (non-hydrogen) atoms. The minimum Gasteiger partial charge on any atom is -0.507 e. The summed E-state index contributed by atoms with van der Waals surface area (Å²) >= 11 is 0. The summed E-state index contributed by atoms with van der Waals surface area (Å²) in [6.45, 7) is 0. The molecule has 0 saturated carbocycles. The van der Waals surface area contributed by atoms with Crippen molar-refractivity contribution in [2.45, 2.75) is 0 Å². The van der Waals surface area contributed by atoms with Gasteiger partial charge in [-0.3, -0.25) is 0 Å². The quantitative estimate of drug-likeness (QED) is 0.688. The lowest BCUT2D eigenvalue weighted by molar-refractivity contribution is 0.481. The van der Waals surface area contributed by atoms with Crippen molar-refractivity contribution in [3.63, 3.8) is 0 Å². The Kier molecular flexibility index (Phi) is 2.22. The van der Waals surface area contributed by atoms with E-state index in [2.05, 4.69) is 10.2 Å². The smallest absolute Gasteiger partial charge is 0.125 e. The van der Waals surface area contributed by atoms with Crippen molar-refractivity contribution in [3.05, 3.63) is 54.6 Å². The third kappa shape index (κ3) is 1.72. The summed E-state index contributed by atoms with van der Waals surface area (Å²) in [5.74, 6) is 0.231. The summed E-state index contributed by atoms with van der Waals surface area (Å²) in [7, 11) is 0. The Labute approximate surface area is 98.4 Å². The molecule has 0 radical (unpaired) electrons. The Balaban J connectivity index is 2.23. The fraction of sp³-hybridized carbons (Fsp3) is 0. The zero-order valence-electron chi connectivity index (χ0n) is 9.04. The molecule has 0 aliphatic rings. The van der Waals surface area contributed by atoms with Crippen molar-refractivity contribution in [2.75, 3.05) is 0 Å². The monoisotopic (exact) mass is 222 g/mol. The number of fused-ring (bicyclic) bond motifs is 1. The van der Waals surface area contributed by atoms with Gasteiger partial charge in [-0.1, -0.05) is 36.4 Å². The highest BCUT2D eigenvalue weighted by Crippen LogP contribution is 2.26. The number of rotatable bonds is 1. The molecule has 3 nitrogen and oxygen atoms in total. The predicted molar refractivity (Wildman–Crippen MR) is 66.6 cm³/mol. The van der Waals surface area contributed by atoms with Gasteiger partial charge in [-0.2, -0.15) is 0 Å². The van der Waals surface area contributed by atoms with Crippen molar-refractivity contribution in [1.82, 2.24) is 10.2 Å². The van der Waals surface area contributed by atoms with Crippen LogP contribution in [0, 0.1) is 0 Å². The van der Waals surface area contributed by atoms with Crippen LogP contribution in [0.2, 0.25) is 0 Å². The largest absolute Gasteiger partial charge is 0.507 e. The van der Waals surface area contributed by atoms with E-state index in [-0.39, 0.29) is 5.75 Å². The maximum Gasteiger partial charge on any atom is 0.125 e. The van der Waals surface area contributed by atoms with Gasteiger partial charge < -0.3 is 5.11 Å². The molecule has 82 valence electrons. The van der Waals surface area contributed by atoms with Gasteiger partial charge in [0.15, 0.2) is 0 Å². The van der Waals surface area contributed by atoms with Crippen LogP contribution < -0.4 is 0 Å². The van der Waals surface area contributed by atoms with Crippen LogP contribution in [0.15, 0.2) is 54.6 Å². The molecular weight excluding hydrogens is 212 g/mol. The first-order chi connectivity index (χ1) is 8.34. The minimum atomic E-state index is 0.231. The van der Waals surface area contributed by atoms with Gasteiger partial charge in [-0.15, -0.1) is 10.2 Å². The highest BCUT2D eigenvalue weighted by atomic mass is 16.3. The fourth-order valence-electron chi connectivity index (χ4n) is 1.80. The molecule has 0 spiro atoms. The normalized spacial score (nSPS) is 10.6. The lowest BCUT2D eigenvalue weighted by Gasteiger charge is -2.03. The first kappa shape index (κ1) is 9.78. The molecule has 3 aromatic rings. The zero-order valence-corrected chi connectivity index (χ0v) is 9.04. The number of phenolic OH excluding ortho intramolecular Hbond substituents is 1. The van der Waals surface area contributed by atoms with E-state index < -0.39 is 0 Å². The number of benzene rings is 2. The highest BCUT2D eigenvalue weighted by Gasteiger charge is 2.04. The van der Waals surface area contributed by atoms with Crippen molar-refractivity contribution in [1.29, 1.82) is 0 Å². The average Bonchev–Trinajstić information content (AvgIpc) is 2.40. The lowest BCUT2D eigenvalue weighted by atomic mass is 10.1. The Hall–Kier alpha value is -2.42. The molecule has 0 saturated heterocycles. The van der Waals surface area contributed by atoms with Crippen LogP contribution in [0.1, 0.15) is 0 Å². The maximum absolute atomic E-state index is 9.77. The Morgan fingerprint density at radius 2 is 1.65 bits per heavy atom. The Bertz CT molecular complexity index is 665. The zero-order chi connectivity index (χ0) is 11.7. The standard InChI is InChI=1S/C14H10N2O/c17-14-8-4-7-12-11(14)9-13(16-15-12)10-5-2-1-3-6-10/h1-9,17H. The Morgan fingerprint density at radius 1 is 0.824 bits per heavy atom. The molecule has 0 bridgehead atoms. The summed E-state index contributed by atoms with van der Waals surface area (Å²) in [4.78, 5) is 0. The molecule has 0 aliphatic carbocycles. The topological polar surface area (TPSA) is 46.0 Å². The van der Waals surface area contributed by atoms with Crippen LogP contribution in [-0.4, -0.2) is 15.3 Å². The van der Waals surface area contributed by atoms with Gasteiger partial charge in [0.05, 0.1) is 11.2 Å². The molecule has 1 N–H and O–H groups in total. The van der Waals surface area contributed by atoms with Gasteiger partial charge in [-0.25, -0.2) is 0 Å². The van der Waals surface area contributed by atoms with E-state index in [4.69, 9.17) is 0 Å². The molecule has 1 heterocycles. The first-order valence-corrected chi connectivity index (χ1v) is 5.35. The molecule has 1 aromatic heterocycles. The summed E-state index contributed by atoms with van der Waals surface area (Å²) in [5, 5.41) is 18.8. The molecule has 0 aliphatic heterocycles. The van der Waals surface area contributed by atoms with Crippen LogP contribution in [0.3, 0.4) is 0 Å². The van der Waals surface area contributed by atoms with E-state index in [0.717, 1.165) is 16.6 Å². The number of aromatic hydroxyl groups is 1. The second kappa shape index (κ2) is 3.87. The molecular formula is C14H10N2O. The Morgan fingerprint density at radius 3 is 2.47 bits per heavy atom. The van der Waals surface area contributed by atoms with Crippen molar-refractivity contribution in [2.24, 2.45) is 0 Å². The second-order valence-corrected chi connectivity index (χ2v) is 3.81. The summed E-state index contributed by atoms with van der Waals surface area (Å²) in [6, 6.07) is 16.9. The number of hydrogen-bond donors (Lipinski definition) is 1. The number of hydrogen-bond acceptors (Lipinski definition) is 3. The number of phenols is 1. The number of nitrogens with zero attached hydrogens (tertiary/aromatic N) is 2. The predicted octanol–water partition coefficient (Wildman–Crippen LogP) is 3.00.